The summed E-state index contributed by atoms with van der Waals surface area (Å²) >= 11 is 1.87. The molecule has 2 rings (SSSR count). The molecule has 1 fully saturated rings. The van der Waals surface area contributed by atoms with Gasteiger partial charge in [-0.2, -0.15) is 0 Å². The lowest BCUT2D eigenvalue weighted by molar-refractivity contribution is 0.0383. The Labute approximate surface area is 108 Å². The summed E-state index contributed by atoms with van der Waals surface area (Å²) < 4.78 is 5.61. The maximum Gasteiger partial charge on any atom is 0.0509 e. The second-order valence-corrected chi connectivity index (χ2v) is 5.79. The van der Waals surface area contributed by atoms with Crippen LogP contribution >= 0.6 is 11.3 Å². The van der Waals surface area contributed by atoms with Gasteiger partial charge in [0, 0.05) is 17.5 Å². The highest BCUT2D eigenvalue weighted by atomic mass is 32.1. The quantitative estimate of drug-likeness (QED) is 0.841. The van der Waals surface area contributed by atoms with Gasteiger partial charge in [0.15, 0.2) is 0 Å². The summed E-state index contributed by atoms with van der Waals surface area (Å²) in [7, 11) is 0. The topological polar surface area (TPSA) is 21.3 Å². The molecule has 0 radical (unpaired) electrons. The Hall–Kier alpha value is -0.380. The van der Waals surface area contributed by atoms with Crippen LogP contribution < -0.4 is 5.32 Å². The Bertz CT molecular complexity index is 293. The Morgan fingerprint density at radius 3 is 3.18 bits per heavy atom. The largest absolute Gasteiger partial charge is 0.381 e. The van der Waals surface area contributed by atoms with Crippen LogP contribution in [-0.4, -0.2) is 25.8 Å². The van der Waals surface area contributed by atoms with Crippen LogP contribution in [0.2, 0.25) is 0 Å². The zero-order chi connectivity index (χ0) is 11.9. The fraction of sp³-hybridized carbons (Fsp3) is 0.714. The van der Waals surface area contributed by atoms with E-state index in [-0.39, 0.29) is 0 Å². The first-order chi connectivity index (χ1) is 8.40. The molecule has 0 saturated carbocycles. The molecule has 17 heavy (non-hydrogen) atoms. The molecule has 1 aromatic rings. The van der Waals surface area contributed by atoms with E-state index in [9.17, 15) is 0 Å². The highest BCUT2D eigenvalue weighted by molar-refractivity contribution is 7.09. The maximum absolute atomic E-state index is 5.61. The number of hydrogen-bond donors (Lipinski definition) is 1. The molecule has 1 N–H and O–H groups in total. The first-order valence-electron chi connectivity index (χ1n) is 6.73. The number of rotatable bonds is 6. The number of ether oxygens (including phenoxy) is 1. The number of aryl methyl sites for hydroxylation is 1. The average Bonchev–Trinajstić information content (AvgIpc) is 2.88. The molecule has 1 aliphatic heterocycles. The van der Waals surface area contributed by atoms with E-state index in [1.807, 2.05) is 11.3 Å². The third-order valence-electron chi connectivity index (χ3n) is 3.51. The van der Waals surface area contributed by atoms with Crippen LogP contribution in [0.1, 0.15) is 31.1 Å². The molecule has 2 unspecified atom stereocenters. The minimum absolute atomic E-state index is 0.627. The average molecular weight is 253 g/mol. The van der Waals surface area contributed by atoms with Gasteiger partial charge < -0.3 is 10.1 Å². The van der Waals surface area contributed by atoms with Crippen molar-refractivity contribution < 1.29 is 4.74 Å². The van der Waals surface area contributed by atoms with E-state index < -0.39 is 0 Å². The molecular weight excluding hydrogens is 230 g/mol. The minimum Gasteiger partial charge on any atom is -0.381 e. The van der Waals surface area contributed by atoms with Crippen molar-refractivity contribution in [3.8, 4) is 0 Å². The van der Waals surface area contributed by atoms with E-state index in [1.165, 1.54) is 30.6 Å². The third kappa shape index (κ3) is 4.09. The van der Waals surface area contributed by atoms with Crippen LogP contribution in [0, 0.1) is 5.92 Å². The van der Waals surface area contributed by atoms with Gasteiger partial charge in [-0.25, -0.2) is 0 Å². The number of hydrogen-bond acceptors (Lipinski definition) is 3. The van der Waals surface area contributed by atoms with Crippen molar-refractivity contribution in [2.75, 3.05) is 19.8 Å². The van der Waals surface area contributed by atoms with E-state index in [0.717, 1.165) is 19.8 Å². The van der Waals surface area contributed by atoms with E-state index in [4.69, 9.17) is 4.74 Å². The van der Waals surface area contributed by atoms with E-state index in [2.05, 4.69) is 29.8 Å². The fourth-order valence-corrected chi connectivity index (χ4v) is 3.33. The Morgan fingerprint density at radius 2 is 2.53 bits per heavy atom. The maximum atomic E-state index is 5.61. The van der Waals surface area contributed by atoms with Gasteiger partial charge in [0.2, 0.25) is 0 Å². The molecule has 0 amide bonds. The van der Waals surface area contributed by atoms with Gasteiger partial charge in [-0.1, -0.05) is 13.0 Å². The molecule has 96 valence electrons. The zero-order valence-electron chi connectivity index (χ0n) is 10.7. The van der Waals surface area contributed by atoms with Crippen LogP contribution in [0.5, 0.6) is 0 Å². The molecule has 0 spiro atoms. The normalized spacial score (nSPS) is 22.5. The lowest BCUT2D eigenvalue weighted by Gasteiger charge is -2.30. The van der Waals surface area contributed by atoms with Gasteiger partial charge in [-0.05, 0) is 49.6 Å². The van der Waals surface area contributed by atoms with Crippen molar-refractivity contribution in [2.24, 2.45) is 5.92 Å². The molecular formula is C14H23NOS. The summed E-state index contributed by atoms with van der Waals surface area (Å²) in [6.07, 6.45) is 4.99. The molecule has 3 heteroatoms. The van der Waals surface area contributed by atoms with Gasteiger partial charge in [0.1, 0.15) is 0 Å². The first kappa shape index (κ1) is 13.1. The van der Waals surface area contributed by atoms with Crippen LogP contribution in [0.3, 0.4) is 0 Å². The summed E-state index contributed by atoms with van der Waals surface area (Å²) in [5.74, 6) is 0.712. The standard InChI is InChI=1S/C14H23NOS/c1-2-15-14(12-5-3-9-16-11-12)8-7-13-6-4-10-17-13/h4,6,10,12,14-15H,2-3,5,7-9,11H2,1H3. The molecule has 1 aliphatic rings. The van der Waals surface area contributed by atoms with Crippen molar-refractivity contribution in [3.05, 3.63) is 22.4 Å². The van der Waals surface area contributed by atoms with Crippen molar-refractivity contribution in [1.82, 2.24) is 5.32 Å². The van der Waals surface area contributed by atoms with E-state index in [0.29, 0.717) is 12.0 Å². The molecule has 2 atom stereocenters. The summed E-state index contributed by atoms with van der Waals surface area (Å²) in [6, 6.07) is 5.01. The Balaban J connectivity index is 1.82. The van der Waals surface area contributed by atoms with Gasteiger partial charge in [0.25, 0.3) is 0 Å². The fourth-order valence-electron chi connectivity index (χ4n) is 2.60. The van der Waals surface area contributed by atoms with E-state index >= 15 is 0 Å². The third-order valence-corrected chi connectivity index (χ3v) is 4.45. The number of nitrogens with one attached hydrogen (secondary N) is 1. The van der Waals surface area contributed by atoms with Crippen LogP contribution in [0.15, 0.2) is 17.5 Å². The molecule has 1 aromatic heterocycles. The number of thiophene rings is 1. The highest BCUT2D eigenvalue weighted by Gasteiger charge is 2.23. The Morgan fingerprint density at radius 1 is 1.59 bits per heavy atom. The lowest BCUT2D eigenvalue weighted by atomic mass is 9.90. The minimum atomic E-state index is 0.627. The summed E-state index contributed by atoms with van der Waals surface area (Å²) in [6.45, 7) is 5.16. The van der Waals surface area contributed by atoms with Crippen molar-refractivity contribution >= 4 is 11.3 Å². The van der Waals surface area contributed by atoms with E-state index in [1.54, 1.807) is 0 Å². The monoisotopic (exact) mass is 253 g/mol. The second-order valence-electron chi connectivity index (χ2n) is 4.76. The van der Waals surface area contributed by atoms with Crippen LogP contribution in [0.4, 0.5) is 0 Å². The van der Waals surface area contributed by atoms with Crippen molar-refractivity contribution in [1.29, 1.82) is 0 Å². The molecule has 0 bridgehead atoms. The summed E-state index contributed by atoms with van der Waals surface area (Å²) in [4.78, 5) is 1.50. The van der Waals surface area contributed by atoms with Gasteiger partial charge in [0.05, 0.1) is 6.61 Å². The highest BCUT2D eigenvalue weighted by Crippen LogP contribution is 2.22. The van der Waals surface area contributed by atoms with Crippen molar-refractivity contribution in [3.63, 3.8) is 0 Å². The van der Waals surface area contributed by atoms with Crippen LogP contribution in [-0.2, 0) is 11.2 Å². The zero-order valence-corrected chi connectivity index (χ0v) is 11.5. The van der Waals surface area contributed by atoms with Gasteiger partial charge in [-0.3, -0.25) is 0 Å². The molecule has 2 nitrogen and oxygen atoms in total. The Kier molecular flexibility index (Phi) is 5.49. The molecule has 0 aromatic carbocycles. The lowest BCUT2D eigenvalue weighted by Crippen LogP contribution is -2.40. The van der Waals surface area contributed by atoms with Crippen molar-refractivity contribution in [2.45, 2.75) is 38.6 Å². The molecule has 1 saturated heterocycles. The van der Waals surface area contributed by atoms with Gasteiger partial charge >= 0.3 is 0 Å². The predicted octanol–water partition coefficient (Wildman–Crippen LogP) is 3.09. The van der Waals surface area contributed by atoms with Gasteiger partial charge in [-0.15, -0.1) is 11.3 Å². The molecule has 0 aliphatic carbocycles. The molecule has 2 heterocycles. The van der Waals surface area contributed by atoms with Crippen LogP contribution in [0.25, 0.3) is 0 Å². The SMILES string of the molecule is CCNC(CCc1cccs1)C1CCCOC1. The second kappa shape index (κ2) is 7.14. The summed E-state index contributed by atoms with van der Waals surface area (Å²) in [5.41, 5.74) is 0. The predicted molar refractivity (Wildman–Crippen MR) is 73.6 cm³/mol. The summed E-state index contributed by atoms with van der Waals surface area (Å²) in [5, 5.41) is 5.81. The first-order valence-corrected chi connectivity index (χ1v) is 7.61. The smallest absolute Gasteiger partial charge is 0.0509 e.